The van der Waals surface area contributed by atoms with Gasteiger partial charge in [0.05, 0.1) is 32.8 Å². The Bertz CT molecular complexity index is 1350. The van der Waals surface area contributed by atoms with E-state index in [4.69, 9.17) is 18.9 Å². The van der Waals surface area contributed by atoms with Crippen molar-refractivity contribution in [2.24, 2.45) is 5.92 Å². The van der Waals surface area contributed by atoms with Crippen LogP contribution in [0.1, 0.15) is 22.6 Å². The molecule has 37 heavy (non-hydrogen) atoms. The number of fused-ring (bicyclic) bond motifs is 3. The van der Waals surface area contributed by atoms with Gasteiger partial charge in [-0.2, -0.15) is 0 Å². The van der Waals surface area contributed by atoms with Gasteiger partial charge >= 0.3 is 0 Å². The second-order valence-corrected chi connectivity index (χ2v) is 9.17. The van der Waals surface area contributed by atoms with Gasteiger partial charge in [-0.25, -0.2) is 0 Å². The number of methoxy groups -OCH3 is 3. The predicted octanol–water partition coefficient (Wildman–Crippen LogP) is 2.41. The van der Waals surface area contributed by atoms with Crippen LogP contribution in [0.2, 0.25) is 0 Å². The van der Waals surface area contributed by atoms with E-state index in [1.807, 2.05) is 30.3 Å². The minimum absolute atomic E-state index is 0.186. The molecule has 0 spiro atoms. The summed E-state index contributed by atoms with van der Waals surface area (Å²) in [4.78, 5) is 13.3. The van der Waals surface area contributed by atoms with Crippen LogP contribution < -0.4 is 24.3 Å². The van der Waals surface area contributed by atoms with Crippen molar-refractivity contribution in [3.63, 3.8) is 0 Å². The first-order valence-electron chi connectivity index (χ1n) is 11.8. The number of rotatable bonds is 6. The summed E-state index contributed by atoms with van der Waals surface area (Å²) in [5.41, 5.74) is -2.74. The van der Waals surface area contributed by atoms with Gasteiger partial charge in [0.2, 0.25) is 5.91 Å². The number of ether oxygens (including phenoxy) is 4. The van der Waals surface area contributed by atoms with E-state index in [9.17, 15) is 20.1 Å². The van der Waals surface area contributed by atoms with Crippen molar-refractivity contribution in [2.75, 3.05) is 28.4 Å². The monoisotopic (exact) mass is 507 g/mol. The lowest BCUT2D eigenvalue weighted by Crippen LogP contribution is -2.52. The third-order valence-corrected chi connectivity index (χ3v) is 7.59. The summed E-state index contributed by atoms with van der Waals surface area (Å²) in [5.74, 6) is -1.59. The Morgan fingerprint density at radius 1 is 0.973 bits per heavy atom. The maximum absolute atomic E-state index is 13.3. The number of phenolic OH excluding ortho intramolecular Hbond substituents is 1. The lowest BCUT2D eigenvalue weighted by molar-refractivity contribution is -0.154. The van der Waals surface area contributed by atoms with E-state index in [-0.39, 0.29) is 28.6 Å². The topological polar surface area (TPSA) is 127 Å². The van der Waals surface area contributed by atoms with Crippen LogP contribution >= 0.6 is 0 Å². The highest BCUT2D eigenvalue weighted by Crippen LogP contribution is 2.70. The van der Waals surface area contributed by atoms with Gasteiger partial charge in [0, 0.05) is 30.7 Å². The third-order valence-electron chi connectivity index (χ3n) is 7.59. The third kappa shape index (κ3) is 3.20. The zero-order valence-electron chi connectivity index (χ0n) is 20.9. The van der Waals surface area contributed by atoms with Crippen molar-refractivity contribution in [3.05, 3.63) is 77.4 Å². The van der Waals surface area contributed by atoms with E-state index in [0.717, 1.165) is 0 Å². The fraction of sp³-hybridized carbons (Fsp3) is 0.321. The summed E-state index contributed by atoms with van der Waals surface area (Å²) in [6.45, 7) is 0. The highest BCUT2D eigenvalue weighted by Gasteiger charge is 2.78. The Hall–Kier alpha value is -3.95. The lowest BCUT2D eigenvalue weighted by atomic mass is 9.70. The van der Waals surface area contributed by atoms with E-state index in [2.05, 4.69) is 5.32 Å². The molecule has 0 bridgehead atoms. The molecule has 1 fully saturated rings. The number of aliphatic hydroxyl groups excluding tert-OH is 1. The molecule has 0 unspecified atom stereocenters. The minimum Gasteiger partial charge on any atom is -0.504 e. The van der Waals surface area contributed by atoms with Crippen LogP contribution in [0.5, 0.6) is 28.7 Å². The standard InChI is InChI=1S/C28H29NO8/c1-29-26(32)22-23(15-8-6-5-7-9-15)28(16-10-11-19(35-3)18(30)12-16)27(33,25(22)31)24-20(36-4)13-17(34-2)14-21(24)37-28/h5-14,22-23,25,30-31,33H,1-4H3,(H,29,32)/t22-,23-,25-,27+,28+/m1/s1. The molecule has 1 aliphatic carbocycles. The molecular formula is C28H29NO8. The molecule has 1 saturated carbocycles. The summed E-state index contributed by atoms with van der Waals surface area (Å²) < 4.78 is 23.0. The Labute approximate surface area is 214 Å². The van der Waals surface area contributed by atoms with Crippen molar-refractivity contribution in [1.29, 1.82) is 0 Å². The minimum atomic E-state index is -2.17. The molecule has 0 aromatic heterocycles. The second-order valence-electron chi connectivity index (χ2n) is 9.17. The van der Waals surface area contributed by atoms with Crippen LogP contribution in [0.3, 0.4) is 0 Å². The van der Waals surface area contributed by atoms with Gasteiger partial charge < -0.3 is 39.6 Å². The molecule has 194 valence electrons. The Kier molecular flexibility index (Phi) is 5.92. The fourth-order valence-corrected chi connectivity index (χ4v) is 6.04. The quantitative estimate of drug-likeness (QED) is 0.401. The maximum atomic E-state index is 13.3. The van der Waals surface area contributed by atoms with E-state index in [1.165, 1.54) is 34.4 Å². The van der Waals surface area contributed by atoms with Crippen LogP contribution in [0.25, 0.3) is 0 Å². The molecular weight excluding hydrogens is 478 g/mol. The molecule has 1 aliphatic heterocycles. The van der Waals surface area contributed by atoms with Crippen molar-refractivity contribution >= 4 is 5.91 Å². The summed E-state index contributed by atoms with van der Waals surface area (Å²) in [7, 11) is 5.83. The van der Waals surface area contributed by atoms with Crippen LogP contribution in [0.4, 0.5) is 0 Å². The Morgan fingerprint density at radius 2 is 1.68 bits per heavy atom. The average Bonchev–Trinajstić information content (AvgIpc) is 3.30. The molecule has 0 saturated heterocycles. The predicted molar refractivity (Wildman–Crippen MR) is 133 cm³/mol. The lowest BCUT2D eigenvalue weighted by Gasteiger charge is -2.41. The summed E-state index contributed by atoms with van der Waals surface area (Å²) in [5, 5.41) is 38.0. The summed E-state index contributed by atoms with van der Waals surface area (Å²) in [6.07, 6.45) is -1.62. The highest BCUT2D eigenvalue weighted by atomic mass is 16.5. The number of hydrogen-bond donors (Lipinski definition) is 4. The number of amides is 1. The first-order chi connectivity index (χ1) is 17.8. The normalized spacial score (nSPS) is 27.6. The van der Waals surface area contributed by atoms with E-state index in [0.29, 0.717) is 16.9 Å². The number of carbonyl (C=O) groups is 1. The number of carbonyl (C=O) groups excluding carboxylic acids is 1. The van der Waals surface area contributed by atoms with Gasteiger partial charge in [0.1, 0.15) is 23.4 Å². The van der Waals surface area contributed by atoms with Crippen LogP contribution in [0.15, 0.2) is 60.7 Å². The van der Waals surface area contributed by atoms with E-state index >= 15 is 0 Å². The van der Waals surface area contributed by atoms with Gasteiger partial charge in [-0.1, -0.05) is 36.4 Å². The zero-order chi connectivity index (χ0) is 26.5. The fourth-order valence-electron chi connectivity index (χ4n) is 6.04. The molecule has 5 rings (SSSR count). The van der Waals surface area contributed by atoms with Crippen molar-refractivity contribution in [1.82, 2.24) is 5.32 Å². The Morgan fingerprint density at radius 3 is 2.27 bits per heavy atom. The van der Waals surface area contributed by atoms with Crippen molar-refractivity contribution in [3.8, 4) is 28.7 Å². The molecule has 9 heteroatoms. The molecule has 0 radical (unpaired) electrons. The van der Waals surface area contributed by atoms with E-state index in [1.54, 1.807) is 24.3 Å². The number of benzene rings is 3. The van der Waals surface area contributed by atoms with Crippen LogP contribution in [-0.4, -0.2) is 55.7 Å². The molecule has 5 atom stereocenters. The van der Waals surface area contributed by atoms with E-state index < -0.39 is 35.0 Å². The van der Waals surface area contributed by atoms with Gasteiger partial charge in [-0.15, -0.1) is 0 Å². The molecule has 3 aromatic carbocycles. The smallest absolute Gasteiger partial charge is 0.226 e. The Balaban J connectivity index is 1.90. The molecule has 1 amide bonds. The second kappa shape index (κ2) is 8.86. The zero-order valence-corrected chi connectivity index (χ0v) is 20.9. The molecule has 9 nitrogen and oxygen atoms in total. The van der Waals surface area contributed by atoms with Crippen molar-refractivity contribution < 1.29 is 39.1 Å². The number of nitrogens with one attached hydrogen (secondary N) is 1. The SMILES string of the molecule is CNC(=O)[C@H]1[C@@H](O)[C@@]2(O)c3c(OC)cc(OC)cc3O[C@@]2(c2ccc(OC)c(O)c2)[C@@H]1c1ccccc1. The van der Waals surface area contributed by atoms with Crippen LogP contribution in [-0.2, 0) is 16.0 Å². The first-order valence-corrected chi connectivity index (χ1v) is 11.8. The summed E-state index contributed by atoms with van der Waals surface area (Å²) in [6, 6.07) is 16.9. The molecule has 2 aliphatic rings. The number of phenols is 1. The number of aromatic hydroxyl groups is 1. The first kappa shape index (κ1) is 24.7. The van der Waals surface area contributed by atoms with Gasteiger partial charge in [-0.05, 0) is 17.7 Å². The molecule has 3 aromatic rings. The molecule has 4 N–H and O–H groups in total. The average molecular weight is 508 g/mol. The van der Waals surface area contributed by atoms with Crippen LogP contribution in [0, 0.1) is 5.92 Å². The highest BCUT2D eigenvalue weighted by molar-refractivity contribution is 5.83. The maximum Gasteiger partial charge on any atom is 0.226 e. The summed E-state index contributed by atoms with van der Waals surface area (Å²) >= 11 is 0. The van der Waals surface area contributed by atoms with Gasteiger partial charge in [-0.3, -0.25) is 4.79 Å². The molecule has 1 heterocycles. The van der Waals surface area contributed by atoms with Gasteiger partial charge in [0.15, 0.2) is 22.7 Å². The largest absolute Gasteiger partial charge is 0.504 e. The number of aliphatic hydroxyl groups is 2. The number of hydrogen-bond acceptors (Lipinski definition) is 8. The van der Waals surface area contributed by atoms with Crippen molar-refractivity contribution in [2.45, 2.75) is 23.2 Å². The van der Waals surface area contributed by atoms with Gasteiger partial charge in [0.25, 0.3) is 0 Å².